The molecule has 0 aliphatic heterocycles. The number of aliphatic hydroxyl groups is 1. The van der Waals surface area contributed by atoms with Gasteiger partial charge in [0.05, 0.1) is 24.2 Å². The van der Waals surface area contributed by atoms with Crippen LogP contribution in [0.15, 0.2) is 54.7 Å². The van der Waals surface area contributed by atoms with Crippen molar-refractivity contribution in [1.29, 1.82) is 0 Å². The molecule has 12 heteroatoms. The van der Waals surface area contributed by atoms with Crippen molar-refractivity contribution in [1.82, 2.24) is 19.8 Å². The van der Waals surface area contributed by atoms with Crippen LogP contribution in [-0.4, -0.2) is 68.2 Å². The molecule has 42 heavy (non-hydrogen) atoms. The van der Waals surface area contributed by atoms with Crippen LogP contribution in [0.1, 0.15) is 51.0 Å². The Morgan fingerprint density at radius 3 is 2.43 bits per heavy atom. The highest BCUT2D eigenvalue weighted by Crippen LogP contribution is 2.39. The molecule has 1 aromatic heterocycles. The largest absolute Gasteiger partial charge is 0.481 e. The molecule has 1 heterocycles. The lowest BCUT2D eigenvalue weighted by molar-refractivity contribution is -0.140. The minimum Gasteiger partial charge on any atom is -0.481 e. The number of carboxylic acids is 1. The van der Waals surface area contributed by atoms with Gasteiger partial charge in [-0.3, -0.25) is 14.4 Å². The normalized spacial score (nSPS) is 12.9. The molecular formula is C30H37F2N5O5. The Labute approximate surface area is 243 Å². The van der Waals surface area contributed by atoms with Gasteiger partial charge in [0, 0.05) is 31.4 Å². The molecule has 0 aliphatic carbocycles. The molecule has 0 spiro atoms. The zero-order chi connectivity index (χ0) is 31.0. The number of nitrogens with zero attached hydrogens (tertiary/aromatic N) is 3. The van der Waals surface area contributed by atoms with E-state index in [0.717, 1.165) is 23.8 Å². The highest BCUT2D eigenvalue weighted by atomic mass is 19.1. The lowest BCUT2D eigenvalue weighted by atomic mass is 9.84. The zero-order valence-electron chi connectivity index (χ0n) is 23.9. The standard InChI is InChI=1S/C30H37F2N5O5/c1-30(2,3)27(37(25(39)18-38)14-12-23(33)29(42)34-13-11-26(40)41)28-35-24(21-15-20(31)9-10-22(21)32)17-36(28)16-19-7-5-4-6-8-19/h4-10,15,17,23,27,38H,11-14,16,18,33H2,1-3H3,(H,34,42)(H,40,41). The number of nitrogens with one attached hydrogen (secondary N) is 1. The number of halogens is 2. The summed E-state index contributed by atoms with van der Waals surface area (Å²) in [4.78, 5) is 42.5. The number of carbonyl (C=O) groups is 3. The van der Waals surface area contributed by atoms with Gasteiger partial charge in [0.15, 0.2) is 0 Å². The Kier molecular flexibility index (Phi) is 10.9. The number of aromatic nitrogens is 2. The van der Waals surface area contributed by atoms with Crippen molar-refractivity contribution in [3.05, 3.63) is 77.8 Å². The first-order valence-corrected chi connectivity index (χ1v) is 13.5. The number of hydrogen-bond acceptors (Lipinski definition) is 6. The summed E-state index contributed by atoms with van der Waals surface area (Å²) < 4.78 is 30.7. The van der Waals surface area contributed by atoms with Gasteiger partial charge >= 0.3 is 5.97 Å². The highest BCUT2D eigenvalue weighted by molar-refractivity contribution is 5.82. The van der Waals surface area contributed by atoms with Crippen LogP contribution in [-0.2, 0) is 20.9 Å². The Bertz CT molecular complexity index is 1390. The minimum absolute atomic E-state index is 0.00198. The third-order valence-corrected chi connectivity index (χ3v) is 6.70. The number of carboxylic acid groups (broad SMARTS) is 1. The number of amides is 2. The number of aliphatic carboxylic acids is 1. The number of rotatable bonds is 13. The fourth-order valence-electron chi connectivity index (χ4n) is 4.69. The van der Waals surface area contributed by atoms with Crippen molar-refractivity contribution >= 4 is 17.8 Å². The molecule has 226 valence electrons. The summed E-state index contributed by atoms with van der Waals surface area (Å²) in [6.07, 6.45) is 1.34. The van der Waals surface area contributed by atoms with Crippen LogP contribution in [0.2, 0.25) is 0 Å². The first-order chi connectivity index (χ1) is 19.8. The van der Waals surface area contributed by atoms with Crippen LogP contribution in [0.4, 0.5) is 8.78 Å². The Balaban J connectivity index is 2.04. The van der Waals surface area contributed by atoms with E-state index >= 15 is 0 Å². The van der Waals surface area contributed by atoms with Crippen molar-refractivity contribution < 1.29 is 33.4 Å². The Morgan fingerprint density at radius 2 is 1.81 bits per heavy atom. The highest BCUT2D eigenvalue weighted by Gasteiger charge is 2.38. The second-order valence-corrected chi connectivity index (χ2v) is 11.1. The fraction of sp³-hybridized carbons (Fsp3) is 0.400. The van der Waals surface area contributed by atoms with Gasteiger partial charge in [-0.1, -0.05) is 51.1 Å². The average molecular weight is 586 g/mol. The molecule has 2 amide bonds. The second-order valence-electron chi connectivity index (χ2n) is 11.1. The van der Waals surface area contributed by atoms with Gasteiger partial charge in [-0.05, 0) is 35.6 Å². The van der Waals surface area contributed by atoms with Crippen LogP contribution >= 0.6 is 0 Å². The van der Waals surface area contributed by atoms with Crippen LogP contribution < -0.4 is 11.1 Å². The molecule has 0 fully saturated rings. The van der Waals surface area contributed by atoms with Crippen molar-refractivity contribution in [2.75, 3.05) is 19.7 Å². The lowest BCUT2D eigenvalue weighted by Gasteiger charge is -2.40. The predicted molar refractivity (Wildman–Crippen MR) is 152 cm³/mol. The van der Waals surface area contributed by atoms with Gasteiger partial charge < -0.3 is 30.7 Å². The molecule has 10 nitrogen and oxygen atoms in total. The van der Waals surface area contributed by atoms with Gasteiger partial charge in [0.25, 0.3) is 0 Å². The molecule has 5 N–H and O–H groups in total. The van der Waals surface area contributed by atoms with Crippen molar-refractivity contribution in [3.8, 4) is 11.3 Å². The zero-order valence-corrected chi connectivity index (χ0v) is 23.9. The summed E-state index contributed by atoms with van der Waals surface area (Å²) in [5.41, 5.74) is 6.39. The first kappa shape index (κ1) is 32.4. The number of benzene rings is 2. The maximum atomic E-state index is 14.8. The van der Waals surface area contributed by atoms with Crippen molar-refractivity contribution in [2.24, 2.45) is 11.1 Å². The predicted octanol–water partition coefficient (Wildman–Crippen LogP) is 3.09. The molecule has 0 bridgehead atoms. The summed E-state index contributed by atoms with van der Waals surface area (Å²) >= 11 is 0. The molecule has 3 rings (SSSR count). The third kappa shape index (κ3) is 8.43. The van der Waals surface area contributed by atoms with Gasteiger partial charge in [-0.25, -0.2) is 13.8 Å². The first-order valence-electron chi connectivity index (χ1n) is 13.5. The number of aliphatic hydroxyl groups excluding tert-OH is 1. The Morgan fingerprint density at radius 1 is 1.12 bits per heavy atom. The van der Waals surface area contributed by atoms with E-state index in [9.17, 15) is 28.3 Å². The van der Waals surface area contributed by atoms with Crippen LogP contribution in [0.3, 0.4) is 0 Å². The van der Waals surface area contributed by atoms with Crippen LogP contribution in [0.5, 0.6) is 0 Å². The third-order valence-electron chi connectivity index (χ3n) is 6.70. The summed E-state index contributed by atoms with van der Waals surface area (Å²) in [5.74, 6) is -3.21. The van der Waals surface area contributed by atoms with E-state index in [0.29, 0.717) is 12.4 Å². The average Bonchev–Trinajstić information content (AvgIpc) is 3.33. The summed E-state index contributed by atoms with van der Waals surface area (Å²) in [6, 6.07) is 10.6. The van der Waals surface area contributed by atoms with Crippen molar-refractivity contribution in [2.45, 2.75) is 52.2 Å². The van der Waals surface area contributed by atoms with E-state index in [1.165, 1.54) is 4.90 Å². The molecule has 2 unspecified atom stereocenters. The Hall–Kier alpha value is -4.16. The molecule has 0 radical (unpaired) electrons. The van der Waals surface area contributed by atoms with E-state index < -0.39 is 53.5 Å². The van der Waals surface area contributed by atoms with E-state index in [1.807, 2.05) is 51.1 Å². The molecule has 3 aromatic rings. The molecule has 0 saturated carbocycles. The van der Waals surface area contributed by atoms with Gasteiger partial charge in [0.2, 0.25) is 11.8 Å². The van der Waals surface area contributed by atoms with Gasteiger partial charge in [0.1, 0.15) is 24.1 Å². The number of nitrogens with two attached hydrogens (primary N) is 1. The molecule has 2 atom stereocenters. The van der Waals surface area contributed by atoms with E-state index in [-0.39, 0.29) is 37.2 Å². The minimum atomic E-state index is -1.07. The summed E-state index contributed by atoms with van der Waals surface area (Å²) in [7, 11) is 0. The van der Waals surface area contributed by atoms with Crippen molar-refractivity contribution in [3.63, 3.8) is 0 Å². The second kappa shape index (κ2) is 14.1. The number of carbonyl (C=O) groups excluding carboxylic acids is 2. The SMILES string of the molecule is CC(C)(C)C(c1nc(-c2cc(F)ccc2F)cn1Cc1ccccc1)N(CCC(N)C(=O)NCCC(=O)O)C(=O)CO. The van der Waals surface area contributed by atoms with E-state index in [2.05, 4.69) is 5.32 Å². The van der Waals surface area contributed by atoms with E-state index in [4.69, 9.17) is 15.8 Å². The number of hydrogen-bond donors (Lipinski definition) is 4. The smallest absolute Gasteiger partial charge is 0.305 e. The van der Waals surface area contributed by atoms with Gasteiger partial charge in [-0.2, -0.15) is 0 Å². The summed E-state index contributed by atoms with van der Waals surface area (Å²) in [6.45, 7) is 4.96. The monoisotopic (exact) mass is 585 g/mol. The van der Waals surface area contributed by atoms with Crippen LogP contribution in [0, 0.1) is 17.0 Å². The quantitative estimate of drug-likeness (QED) is 0.241. The van der Waals surface area contributed by atoms with Gasteiger partial charge in [-0.15, -0.1) is 0 Å². The molecule has 0 aliphatic rings. The summed E-state index contributed by atoms with van der Waals surface area (Å²) in [5, 5.41) is 21.1. The topological polar surface area (TPSA) is 151 Å². The fourth-order valence-corrected chi connectivity index (χ4v) is 4.69. The molecular weight excluding hydrogens is 548 g/mol. The number of imidazole rings is 1. The maximum Gasteiger partial charge on any atom is 0.305 e. The molecule has 2 aromatic carbocycles. The van der Waals surface area contributed by atoms with Crippen LogP contribution in [0.25, 0.3) is 11.3 Å². The lowest BCUT2D eigenvalue weighted by Crippen LogP contribution is -2.48. The van der Waals surface area contributed by atoms with E-state index in [1.54, 1.807) is 10.8 Å². The molecule has 0 saturated heterocycles. The maximum absolute atomic E-state index is 14.8.